The molecule has 0 spiro atoms. The predicted octanol–water partition coefficient (Wildman–Crippen LogP) is 2.11. The molecule has 3 N–H and O–H groups in total. The molecule has 0 radical (unpaired) electrons. The standard InChI is InChI=1S/C25H25N7O3/c1-35-25-28-13-18(14-29-25)20-12-17-6-8-27-24(34)22(17)23(31-20)30-19-4-2-16(3-5-19)7-10-32-11-9-26-21(33)15-32/h2-6,8,12-14H,7,9-11,15H2,1H3,(H,26,33)(H,27,34)(H,30,31). The summed E-state index contributed by atoms with van der Waals surface area (Å²) in [4.78, 5) is 42.1. The SMILES string of the molecule is COc1ncc(-c2cc3cc[nH]c(=O)c3c(Nc3ccc(CCN4CCNC(=O)C4)cc3)n2)cn1. The fourth-order valence-corrected chi connectivity index (χ4v) is 4.07. The number of anilines is 2. The molecule has 0 unspecified atom stereocenters. The van der Waals surface area contributed by atoms with Crippen molar-refractivity contribution in [2.45, 2.75) is 6.42 Å². The fourth-order valence-electron chi connectivity index (χ4n) is 4.07. The highest BCUT2D eigenvalue weighted by atomic mass is 16.5. The van der Waals surface area contributed by atoms with Gasteiger partial charge in [0.05, 0.1) is 24.7 Å². The Morgan fingerprint density at radius 2 is 1.91 bits per heavy atom. The van der Waals surface area contributed by atoms with Crippen LogP contribution in [0, 0.1) is 0 Å². The number of piperazine rings is 1. The Hall–Kier alpha value is -4.31. The summed E-state index contributed by atoms with van der Waals surface area (Å²) in [7, 11) is 1.51. The van der Waals surface area contributed by atoms with Crippen molar-refractivity contribution in [3.05, 3.63) is 70.9 Å². The third-order valence-corrected chi connectivity index (χ3v) is 5.91. The molecule has 178 valence electrons. The molecule has 5 rings (SSSR count). The van der Waals surface area contributed by atoms with E-state index in [0.717, 1.165) is 30.6 Å². The van der Waals surface area contributed by atoms with Crippen molar-refractivity contribution in [1.82, 2.24) is 30.2 Å². The lowest BCUT2D eigenvalue weighted by molar-refractivity contribution is -0.124. The maximum Gasteiger partial charge on any atom is 0.316 e. The molecule has 0 bridgehead atoms. The Kier molecular flexibility index (Phi) is 6.36. The minimum atomic E-state index is -0.225. The molecule has 1 fully saturated rings. The monoisotopic (exact) mass is 471 g/mol. The highest BCUT2D eigenvalue weighted by Crippen LogP contribution is 2.27. The molecule has 0 atom stereocenters. The lowest BCUT2D eigenvalue weighted by Gasteiger charge is -2.26. The number of carbonyl (C=O) groups excluding carboxylic acids is 1. The Morgan fingerprint density at radius 3 is 2.66 bits per heavy atom. The number of nitrogens with one attached hydrogen (secondary N) is 3. The molecule has 1 aromatic carbocycles. The first-order valence-corrected chi connectivity index (χ1v) is 11.3. The number of aromatic amines is 1. The van der Waals surface area contributed by atoms with Crippen molar-refractivity contribution in [1.29, 1.82) is 0 Å². The summed E-state index contributed by atoms with van der Waals surface area (Å²) in [6.07, 6.45) is 5.74. The van der Waals surface area contributed by atoms with Crippen LogP contribution in [-0.4, -0.2) is 64.0 Å². The second-order valence-electron chi connectivity index (χ2n) is 8.28. The van der Waals surface area contributed by atoms with Crippen LogP contribution in [0.3, 0.4) is 0 Å². The second-order valence-corrected chi connectivity index (χ2v) is 8.28. The van der Waals surface area contributed by atoms with Gasteiger partial charge in [-0.05, 0) is 41.6 Å². The molecule has 1 saturated heterocycles. The van der Waals surface area contributed by atoms with Crippen LogP contribution < -0.4 is 20.9 Å². The fraction of sp³-hybridized carbons (Fsp3) is 0.240. The lowest BCUT2D eigenvalue weighted by Crippen LogP contribution is -2.48. The number of rotatable bonds is 7. The summed E-state index contributed by atoms with van der Waals surface area (Å²) >= 11 is 0. The number of nitrogens with zero attached hydrogens (tertiary/aromatic N) is 4. The number of benzene rings is 1. The summed E-state index contributed by atoms with van der Waals surface area (Å²) in [6, 6.07) is 12.0. The van der Waals surface area contributed by atoms with E-state index in [1.54, 1.807) is 18.6 Å². The van der Waals surface area contributed by atoms with Crippen LogP contribution in [0.15, 0.2) is 59.8 Å². The Morgan fingerprint density at radius 1 is 1.11 bits per heavy atom. The van der Waals surface area contributed by atoms with Crippen LogP contribution in [-0.2, 0) is 11.2 Å². The smallest absolute Gasteiger partial charge is 0.316 e. The number of hydrogen-bond donors (Lipinski definition) is 3. The van der Waals surface area contributed by atoms with Crippen molar-refractivity contribution in [3.8, 4) is 17.3 Å². The number of amides is 1. The van der Waals surface area contributed by atoms with E-state index in [0.29, 0.717) is 35.6 Å². The molecule has 35 heavy (non-hydrogen) atoms. The van der Waals surface area contributed by atoms with E-state index in [1.807, 2.05) is 36.4 Å². The van der Waals surface area contributed by atoms with Crippen molar-refractivity contribution in [2.24, 2.45) is 0 Å². The Labute approximate surface area is 201 Å². The van der Waals surface area contributed by atoms with Crippen molar-refractivity contribution >= 4 is 28.2 Å². The van der Waals surface area contributed by atoms with Gasteiger partial charge < -0.3 is 20.4 Å². The second kappa shape index (κ2) is 9.90. The van der Waals surface area contributed by atoms with Crippen molar-refractivity contribution in [2.75, 3.05) is 38.6 Å². The van der Waals surface area contributed by atoms with Crippen LogP contribution in [0.1, 0.15) is 5.56 Å². The zero-order valence-electron chi connectivity index (χ0n) is 19.2. The third kappa shape index (κ3) is 5.12. The quantitative estimate of drug-likeness (QED) is 0.374. The van der Waals surface area contributed by atoms with Gasteiger partial charge in [0.2, 0.25) is 5.91 Å². The van der Waals surface area contributed by atoms with E-state index in [-0.39, 0.29) is 17.5 Å². The van der Waals surface area contributed by atoms with Gasteiger partial charge in [-0.2, -0.15) is 0 Å². The highest BCUT2D eigenvalue weighted by Gasteiger charge is 2.16. The summed E-state index contributed by atoms with van der Waals surface area (Å²) < 4.78 is 5.04. The number of methoxy groups -OCH3 is 1. The van der Waals surface area contributed by atoms with Gasteiger partial charge in [-0.25, -0.2) is 15.0 Å². The molecule has 3 aromatic heterocycles. The largest absolute Gasteiger partial charge is 0.467 e. The van der Waals surface area contributed by atoms with Gasteiger partial charge in [0.25, 0.3) is 5.56 Å². The van der Waals surface area contributed by atoms with Gasteiger partial charge >= 0.3 is 6.01 Å². The molecule has 1 aliphatic rings. The summed E-state index contributed by atoms with van der Waals surface area (Å²) in [5.74, 6) is 0.524. The molecule has 10 heteroatoms. The first kappa shape index (κ1) is 22.5. The Balaban J connectivity index is 1.38. The van der Waals surface area contributed by atoms with Gasteiger partial charge in [0.1, 0.15) is 5.82 Å². The van der Waals surface area contributed by atoms with Crippen LogP contribution >= 0.6 is 0 Å². The number of pyridine rings is 2. The molecule has 0 saturated carbocycles. The molecular formula is C25H25N7O3. The van der Waals surface area contributed by atoms with Gasteiger partial charge in [-0.15, -0.1) is 0 Å². The molecule has 4 aromatic rings. The minimum Gasteiger partial charge on any atom is -0.467 e. The number of fused-ring (bicyclic) bond motifs is 1. The van der Waals surface area contributed by atoms with Gasteiger partial charge in [0.15, 0.2) is 0 Å². The lowest BCUT2D eigenvalue weighted by atomic mass is 10.1. The number of carbonyl (C=O) groups is 1. The molecular weight excluding hydrogens is 446 g/mol. The zero-order chi connectivity index (χ0) is 24.2. The molecule has 1 aliphatic heterocycles. The van der Waals surface area contributed by atoms with E-state index in [9.17, 15) is 9.59 Å². The number of hydrogen-bond acceptors (Lipinski definition) is 8. The van der Waals surface area contributed by atoms with Crippen LogP contribution in [0.2, 0.25) is 0 Å². The van der Waals surface area contributed by atoms with E-state index in [1.165, 1.54) is 12.7 Å². The van der Waals surface area contributed by atoms with E-state index >= 15 is 0 Å². The molecule has 1 amide bonds. The average Bonchev–Trinajstić information content (AvgIpc) is 2.88. The zero-order valence-corrected chi connectivity index (χ0v) is 19.2. The highest BCUT2D eigenvalue weighted by molar-refractivity contribution is 5.95. The van der Waals surface area contributed by atoms with Gasteiger partial charge in [-0.3, -0.25) is 14.5 Å². The maximum absolute atomic E-state index is 12.6. The van der Waals surface area contributed by atoms with Crippen LogP contribution in [0.4, 0.5) is 11.5 Å². The normalized spacial score (nSPS) is 14.0. The summed E-state index contributed by atoms with van der Waals surface area (Å²) in [5, 5.41) is 7.36. The van der Waals surface area contributed by atoms with Crippen molar-refractivity contribution in [3.63, 3.8) is 0 Å². The first-order chi connectivity index (χ1) is 17.1. The molecule has 4 heterocycles. The predicted molar refractivity (Wildman–Crippen MR) is 133 cm³/mol. The molecule has 0 aliphatic carbocycles. The molecule has 10 nitrogen and oxygen atoms in total. The van der Waals surface area contributed by atoms with Crippen LogP contribution in [0.25, 0.3) is 22.0 Å². The number of aromatic nitrogens is 4. The van der Waals surface area contributed by atoms with E-state index in [2.05, 4.69) is 30.5 Å². The Bertz CT molecular complexity index is 1400. The first-order valence-electron chi connectivity index (χ1n) is 11.3. The van der Waals surface area contributed by atoms with Gasteiger partial charge in [0, 0.05) is 49.5 Å². The third-order valence-electron chi connectivity index (χ3n) is 5.91. The maximum atomic E-state index is 12.6. The van der Waals surface area contributed by atoms with Crippen LogP contribution in [0.5, 0.6) is 6.01 Å². The summed E-state index contributed by atoms with van der Waals surface area (Å²) in [5.41, 5.74) is 3.10. The topological polar surface area (TPSA) is 125 Å². The summed E-state index contributed by atoms with van der Waals surface area (Å²) in [6.45, 7) is 2.84. The number of ether oxygens (including phenoxy) is 1. The van der Waals surface area contributed by atoms with E-state index < -0.39 is 0 Å². The average molecular weight is 472 g/mol. The van der Waals surface area contributed by atoms with Gasteiger partial charge in [-0.1, -0.05) is 12.1 Å². The van der Waals surface area contributed by atoms with Crippen molar-refractivity contribution < 1.29 is 9.53 Å². The number of H-pyrrole nitrogens is 1. The minimum absolute atomic E-state index is 0.0777. The van der Waals surface area contributed by atoms with E-state index in [4.69, 9.17) is 9.72 Å².